The molecule has 3 rings (SSSR count). The fourth-order valence-electron chi connectivity index (χ4n) is 2.10. The molecule has 0 bridgehead atoms. The molecule has 0 unspecified atom stereocenters. The maximum Gasteiger partial charge on any atom is 0.161 e. The predicted molar refractivity (Wildman–Crippen MR) is 84.7 cm³/mol. The highest BCUT2D eigenvalue weighted by Crippen LogP contribution is 2.33. The summed E-state index contributed by atoms with van der Waals surface area (Å²) < 4.78 is 14.0. The molecule has 1 heterocycles. The summed E-state index contributed by atoms with van der Waals surface area (Å²) in [4.78, 5) is 8.48. The van der Waals surface area contributed by atoms with E-state index >= 15 is 0 Å². The van der Waals surface area contributed by atoms with Gasteiger partial charge in [-0.05, 0) is 30.7 Å². The van der Waals surface area contributed by atoms with Gasteiger partial charge in [-0.3, -0.25) is 0 Å². The first kappa shape index (κ1) is 14.5. The van der Waals surface area contributed by atoms with Crippen LogP contribution in [-0.4, -0.2) is 9.97 Å². The molecule has 0 saturated carbocycles. The summed E-state index contributed by atoms with van der Waals surface area (Å²) in [5.41, 5.74) is 1.60. The molecule has 21 heavy (non-hydrogen) atoms. The van der Waals surface area contributed by atoms with Crippen LogP contribution in [0.2, 0.25) is 15.2 Å². The highest BCUT2D eigenvalue weighted by molar-refractivity contribution is 6.41. The number of hydrogen-bond donors (Lipinski definition) is 0. The van der Waals surface area contributed by atoms with Gasteiger partial charge in [0.15, 0.2) is 5.82 Å². The average molecular weight is 342 g/mol. The van der Waals surface area contributed by atoms with E-state index in [1.165, 1.54) is 12.1 Å². The van der Waals surface area contributed by atoms with Gasteiger partial charge in [-0.2, -0.15) is 0 Å². The number of hydrogen-bond acceptors (Lipinski definition) is 2. The minimum atomic E-state index is -0.500. The number of rotatable bonds is 1. The minimum absolute atomic E-state index is 0.0943. The first-order valence-electron chi connectivity index (χ1n) is 6.06. The summed E-state index contributed by atoms with van der Waals surface area (Å²) in [7, 11) is 0. The van der Waals surface area contributed by atoms with Gasteiger partial charge in [0.1, 0.15) is 16.5 Å². The number of benzene rings is 2. The first-order valence-corrected chi connectivity index (χ1v) is 7.19. The third-order valence-electron chi connectivity index (χ3n) is 3.21. The molecule has 0 aliphatic heterocycles. The van der Waals surface area contributed by atoms with Crippen LogP contribution in [0, 0.1) is 12.7 Å². The van der Waals surface area contributed by atoms with E-state index in [0.717, 1.165) is 5.56 Å². The molecule has 3 aromatic rings. The Kier molecular flexibility index (Phi) is 3.74. The van der Waals surface area contributed by atoms with Crippen molar-refractivity contribution in [1.29, 1.82) is 0 Å². The summed E-state index contributed by atoms with van der Waals surface area (Å²) in [6, 6.07) is 8.03. The second kappa shape index (κ2) is 5.41. The van der Waals surface area contributed by atoms with Gasteiger partial charge < -0.3 is 0 Å². The Morgan fingerprint density at radius 1 is 0.952 bits per heavy atom. The Bertz CT molecular complexity index is 865. The molecular formula is C15H8Cl3FN2. The molecule has 1 aromatic heterocycles. The van der Waals surface area contributed by atoms with Crippen molar-refractivity contribution < 1.29 is 4.39 Å². The third-order valence-corrected chi connectivity index (χ3v) is 4.21. The van der Waals surface area contributed by atoms with Crippen molar-refractivity contribution >= 4 is 45.7 Å². The predicted octanol–water partition coefficient (Wildman–Crippen LogP) is 5.70. The highest BCUT2D eigenvalue weighted by Gasteiger charge is 2.15. The zero-order chi connectivity index (χ0) is 15.1. The summed E-state index contributed by atoms with van der Waals surface area (Å²) in [5.74, 6) is -0.187. The largest absolute Gasteiger partial charge is 0.225 e. The lowest BCUT2D eigenvalue weighted by molar-refractivity contribution is 0.636. The van der Waals surface area contributed by atoms with E-state index in [4.69, 9.17) is 34.8 Å². The minimum Gasteiger partial charge on any atom is -0.225 e. The molecule has 0 saturated heterocycles. The molecule has 0 fully saturated rings. The average Bonchev–Trinajstić information content (AvgIpc) is 2.45. The molecule has 106 valence electrons. The third kappa shape index (κ3) is 2.46. The van der Waals surface area contributed by atoms with E-state index in [1.54, 1.807) is 18.2 Å². The molecule has 6 heteroatoms. The van der Waals surface area contributed by atoms with Gasteiger partial charge in [0, 0.05) is 10.6 Å². The molecular weight excluding hydrogens is 334 g/mol. The monoisotopic (exact) mass is 340 g/mol. The van der Waals surface area contributed by atoms with Crippen molar-refractivity contribution in [3.05, 3.63) is 56.9 Å². The number of nitrogens with zero attached hydrogens (tertiary/aromatic N) is 2. The Balaban J connectivity index is 2.36. The van der Waals surface area contributed by atoms with Crippen LogP contribution >= 0.6 is 34.8 Å². The van der Waals surface area contributed by atoms with Crippen molar-refractivity contribution in [3.8, 4) is 11.4 Å². The van der Waals surface area contributed by atoms with Gasteiger partial charge in [0.25, 0.3) is 0 Å². The van der Waals surface area contributed by atoms with Gasteiger partial charge in [-0.15, -0.1) is 0 Å². The number of aromatic nitrogens is 2. The van der Waals surface area contributed by atoms with Crippen molar-refractivity contribution in [3.63, 3.8) is 0 Å². The van der Waals surface area contributed by atoms with E-state index in [1.807, 2.05) is 6.92 Å². The second-order valence-electron chi connectivity index (χ2n) is 4.50. The standard InChI is InChI=1S/C15H8Cl3FN2/c1-7-8(3-2-4-9(7)16)15-20-13-11(19)6-5-10(17)12(13)14(18)21-15/h2-6H,1H3. The fourth-order valence-corrected chi connectivity index (χ4v) is 2.83. The SMILES string of the molecule is Cc1c(Cl)cccc1-c1nc(Cl)c2c(Cl)ccc(F)c2n1. The van der Waals surface area contributed by atoms with Crippen LogP contribution in [0.25, 0.3) is 22.3 Å². The summed E-state index contributed by atoms with van der Waals surface area (Å²) >= 11 is 18.3. The normalized spacial score (nSPS) is 11.1. The van der Waals surface area contributed by atoms with Gasteiger partial charge >= 0.3 is 0 Å². The van der Waals surface area contributed by atoms with Gasteiger partial charge in [-0.25, -0.2) is 14.4 Å². The van der Waals surface area contributed by atoms with Crippen LogP contribution in [0.1, 0.15) is 5.56 Å². The van der Waals surface area contributed by atoms with Gasteiger partial charge in [0.2, 0.25) is 0 Å². The Hall–Kier alpha value is -1.42. The molecule has 0 atom stereocenters. The summed E-state index contributed by atoms with van der Waals surface area (Å²) in [5, 5.41) is 1.31. The van der Waals surface area contributed by atoms with Crippen LogP contribution in [0.3, 0.4) is 0 Å². The van der Waals surface area contributed by atoms with Gasteiger partial charge in [-0.1, -0.05) is 46.9 Å². The smallest absolute Gasteiger partial charge is 0.161 e. The zero-order valence-electron chi connectivity index (χ0n) is 10.8. The van der Waals surface area contributed by atoms with Crippen LogP contribution in [-0.2, 0) is 0 Å². The molecule has 0 spiro atoms. The van der Waals surface area contributed by atoms with Crippen LogP contribution in [0.4, 0.5) is 4.39 Å². The molecule has 0 aliphatic rings. The van der Waals surface area contributed by atoms with E-state index in [0.29, 0.717) is 26.8 Å². The number of fused-ring (bicyclic) bond motifs is 1. The van der Waals surface area contributed by atoms with Crippen LogP contribution in [0.5, 0.6) is 0 Å². The van der Waals surface area contributed by atoms with Crippen molar-refractivity contribution in [1.82, 2.24) is 9.97 Å². The fraction of sp³-hybridized carbons (Fsp3) is 0.0667. The topological polar surface area (TPSA) is 25.8 Å². The zero-order valence-corrected chi connectivity index (χ0v) is 13.1. The molecule has 0 N–H and O–H groups in total. The summed E-state index contributed by atoms with van der Waals surface area (Å²) in [6.45, 7) is 1.84. The molecule has 0 aliphatic carbocycles. The van der Waals surface area contributed by atoms with Crippen molar-refractivity contribution in [2.24, 2.45) is 0 Å². The van der Waals surface area contributed by atoms with Gasteiger partial charge in [0.05, 0.1) is 10.4 Å². The van der Waals surface area contributed by atoms with E-state index in [-0.39, 0.29) is 10.7 Å². The molecule has 0 radical (unpaired) electrons. The first-order chi connectivity index (χ1) is 9.99. The maximum atomic E-state index is 14.0. The Labute approximate surface area is 135 Å². The van der Waals surface area contributed by atoms with E-state index < -0.39 is 5.82 Å². The molecule has 0 amide bonds. The van der Waals surface area contributed by atoms with Crippen molar-refractivity contribution in [2.75, 3.05) is 0 Å². The second-order valence-corrected chi connectivity index (χ2v) is 5.68. The van der Waals surface area contributed by atoms with Crippen LogP contribution < -0.4 is 0 Å². The highest BCUT2D eigenvalue weighted by atomic mass is 35.5. The summed E-state index contributed by atoms with van der Waals surface area (Å²) in [6.07, 6.45) is 0. The van der Waals surface area contributed by atoms with Crippen LogP contribution in [0.15, 0.2) is 30.3 Å². The van der Waals surface area contributed by atoms with E-state index in [9.17, 15) is 4.39 Å². The maximum absolute atomic E-state index is 14.0. The lowest BCUT2D eigenvalue weighted by Crippen LogP contribution is -1.96. The van der Waals surface area contributed by atoms with Crippen molar-refractivity contribution in [2.45, 2.75) is 6.92 Å². The lowest BCUT2D eigenvalue weighted by Gasteiger charge is -2.09. The molecule has 2 nitrogen and oxygen atoms in total. The Morgan fingerprint density at radius 3 is 2.48 bits per heavy atom. The quantitative estimate of drug-likeness (QED) is 0.530. The Morgan fingerprint density at radius 2 is 1.71 bits per heavy atom. The molecule has 2 aromatic carbocycles. The lowest BCUT2D eigenvalue weighted by atomic mass is 10.1. The number of halogens is 4. The van der Waals surface area contributed by atoms with E-state index in [2.05, 4.69) is 9.97 Å².